The van der Waals surface area contributed by atoms with E-state index in [4.69, 9.17) is 42.9 Å². The minimum Gasteiger partial charge on any atom is -0.484 e. The Balaban J connectivity index is -0.000000323. The third kappa shape index (κ3) is 38.9. The summed E-state index contributed by atoms with van der Waals surface area (Å²) in [7, 11) is 6.23. The van der Waals surface area contributed by atoms with Crippen LogP contribution in [0.15, 0.2) is 4.99 Å². The van der Waals surface area contributed by atoms with E-state index in [0.717, 1.165) is 95.7 Å². The number of carbonyl (C=O) groups excluding carboxylic acids is 4. The zero-order valence-electron chi connectivity index (χ0n) is 41.0. The van der Waals surface area contributed by atoms with Crippen LogP contribution in [0.1, 0.15) is 116 Å². The molecule has 2 amide bonds. The zero-order valence-corrected chi connectivity index (χ0v) is 42.6. The monoisotopic (exact) mass is 1040 g/mol. The molecule has 0 spiro atoms. The maximum Gasteiger partial charge on any atom is 0.251 e. The van der Waals surface area contributed by atoms with E-state index >= 15 is 0 Å². The summed E-state index contributed by atoms with van der Waals surface area (Å²) in [6, 6.07) is 0. The molecule has 69 heavy (non-hydrogen) atoms. The van der Waals surface area contributed by atoms with Gasteiger partial charge in [0.1, 0.15) is 42.3 Å². The lowest BCUT2D eigenvalue weighted by Gasteiger charge is -2.25. The van der Waals surface area contributed by atoms with Crippen LogP contribution in [-0.4, -0.2) is 197 Å². The second-order valence-electron chi connectivity index (χ2n) is 15.7. The number of ether oxygens (including phenoxy) is 2. The number of hydrogen-bond acceptors (Lipinski definition) is 20. The minimum atomic E-state index is -2.00. The van der Waals surface area contributed by atoms with E-state index in [1.165, 1.54) is 21.3 Å². The Morgan fingerprint density at radius 3 is 1.38 bits per heavy atom. The molecule has 0 aromatic carbocycles. The number of hydrogen-bond donors (Lipinski definition) is 17. The van der Waals surface area contributed by atoms with Gasteiger partial charge in [-0.05, 0) is 65.1 Å². The summed E-state index contributed by atoms with van der Waals surface area (Å²) in [5.74, 6) is -2.12. The van der Waals surface area contributed by atoms with Gasteiger partial charge in [-0.3, -0.25) is 40.4 Å². The highest BCUT2D eigenvalue weighted by molar-refractivity contribution is 5.86. The maximum atomic E-state index is 12.0. The number of aliphatic hydroxyl groups is 8. The average molecular weight is 1040 g/mol. The number of unbranched alkanes of at least 4 members (excludes halogenated alkanes) is 6. The lowest BCUT2D eigenvalue weighted by molar-refractivity contribution is -0.154. The Kier molecular flexibility index (Phi) is 51.9. The van der Waals surface area contributed by atoms with Gasteiger partial charge in [-0.2, -0.15) is 0 Å². The molecule has 0 unspecified atom stereocenters. The Hall–Kier alpha value is -3.50. The van der Waals surface area contributed by atoms with Crippen LogP contribution in [0.5, 0.6) is 0 Å². The first-order valence-corrected chi connectivity index (χ1v) is 22.9. The van der Waals surface area contributed by atoms with Crippen LogP contribution < -0.4 is 38.6 Å². The van der Waals surface area contributed by atoms with E-state index in [1.54, 1.807) is 0 Å². The minimum absolute atomic E-state index is 0. The molecule has 21 N–H and O–H groups in total. The molecule has 0 heterocycles. The second kappa shape index (κ2) is 48.1. The highest BCUT2D eigenvalue weighted by atomic mass is 35.5. The fraction of sp³-hybridized carbons (Fsp3) is 0.814. The van der Waals surface area contributed by atoms with Gasteiger partial charge in [0.05, 0.1) is 20.1 Å². The van der Waals surface area contributed by atoms with Crippen LogP contribution in [0.4, 0.5) is 0 Å². The van der Waals surface area contributed by atoms with Crippen molar-refractivity contribution in [1.29, 1.82) is 10.8 Å². The normalized spacial score (nSPS) is 14.3. The van der Waals surface area contributed by atoms with Crippen LogP contribution in [0.3, 0.4) is 0 Å². The molecule has 24 nitrogen and oxygen atoms in total. The molecule has 8 atom stereocenters. The van der Waals surface area contributed by atoms with E-state index in [2.05, 4.69) is 20.9 Å². The van der Waals surface area contributed by atoms with Gasteiger partial charge >= 0.3 is 0 Å². The van der Waals surface area contributed by atoms with Crippen molar-refractivity contribution < 1.29 is 74.9 Å². The molecule has 0 aliphatic heterocycles. The largest absolute Gasteiger partial charge is 0.484 e. The van der Waals surface area contributed by atoms with Gasteiger partial charge < -0.3 is 83.5 Å². The molecule has 408 valence electrons. The molecule has 0 aliphatic carbocycles. The summed E-state index contributed by atoms with van der Waals surface area (Å²) in [5, 5.41) is 105. The predicted octanol–water partition coefficient (Wildman–Crippen LogP) is -3.35. The Morgan fingerprint density at radius 1 is 0.551 bits per heavy atom. The molecule has 0 rings (SSSR count). The van der Waals surface area contributed by atoms with Crippen molar-refractivity contribution in [2.75, 3.05) is 61.0 Å². The first-order chi connectivity index (χ1) is 31.7. The SMILES string of the molecule is CNCCCC(=[NH2+])CCCCCCC(N)=NCCCC(=O)[C@H](O)[C@@H](O)[C@@H](O)[C@H](O)C(=O)NC.COC(=N)CCCCCCC(=N)OC.Cl.Cl.NCCCC(=O)[C@H](O)[C@@H](O)[C@@H](O)[C@H](O)C(=O)NCCN. The first-order valence-electron chi connectivity index (χ1n) is 22.9. The number of aliphatic imine (C=N–C) groups is 1. The molecular formula is C43H89Cl2N10O14+. The van der Waals surface area contributed by atoms with Crippen molar-refractivity contribution in [3.05, 3.63) is 0 Å². The smallest absolute Gasteiger partial charge is 0.251 e. The standard InChI is InChI=1S/C22H43N5O6.C11H23N3O6.C10H20N2O2.2ClH/c1-25-13-7-10-15(23)9-5-3-4-6-12-17(24)27-14-8-11-16(28)18(29)19(30)20(31)21(32)22(33)26-2;12-3-1-2-6(15)7(16)8(17)9(18)10(19)11(20)14-5-4-13;1-13-9(11)7-5-3-4-6-8-10(12)14-2;;/h18-21,23,25,29-32H,3-14H2,1-2H3,(H2,24,27)(H,26,33);7-10,16-19H,1-5,12-13H2,(H,14,20);11-12H,3-8H2,1-2H3;2*1H/p+1/t18-,19+,20+,21-;7-,8+,9+,10-;;;/m00.../s1. The van der Waals surface area contributed by atoms with Crippen LogP contribution in [0.25, 0.3) is 0 Å². The number of halogens is 2. The van der Waals surface area contributed by atoms with Crippen molar-refractivity contribution in [2.24, 2.45) is 22.2 Å². The second-order valence-corrected chi connectivity index (χ2v) is 15.7. The van der Waals surface area contributed by atoms with Crippen LogP contribution in [0.2, 0.25) is 0 Å². The van der Waals surface area contributed by atoms with E-state index in [1.807, 2.05) is 7.05 Å². The summed E-state index contributed by atoms with van der Waals surface area (Å²) in [5.41, 5.74) is 17.3. The number of nitrogens with zero attached hydrogens (tertiary/aromatic N) is 1. The highest BCUT2D eigenvalue weighted by Crippen LogP contribution is 2.12. The zero-order chi connectivity index (χ0) is 51.7. The van der Waals surface area contributed by atoms with E-state index in [9.17, 15) is 60.0 Å². The topological polar surface area (TPSA) is 448 Å². The Morgan fingerprint density at radius 2 is 0.957 bits per heavy atom. The summed E-state index contributed by atoms with van der Waals surface area (Å²) < 4.78 is 9.48. The number of nitrogens with two attached hydrogens (primary N) is 4. The molecule has 26 heteroatoms. The van der Waals surface area contributed by atoms with E-state index in [0.29, 0.717) is 43.4 Å². The van der Waals surface area contributed by atoms with E-state index in [-0.39, 0.29) is 57.3 Å². The number of nitrogens with one attached hydrogen (secondary N) is 5. The molecule has 0 aromatic heterocycles. The predicted molar refractivity (Wildman–Crippen MR) is 268 cm³/mol. The molecule has 0 radical (unpaired) electrons. The lowest BCUT2D eigenvalue weighted by Crippen LogP contribution is -2.53. The van der Waals surface area contributed by atoms with Gasteiger partial charge in [-0.15, -0.1) is 24.8 Å². The number of rotatable bonds is 37. The number of carbonyl (C=O) groups is 4. The molecule has 0 aromatic rings. The first kappa shape index (κ1) is 74.4. The van der Waals surface area contributed by atoms with Crippen molar-refractivity contribution in [3.8, 4) is 0 Å². The van der Waals surface area contributed by atoms with Crippen molar-refractivity contribution in [3.63, 3.8) is 0 Å². The molecular weight excluding hydrogens is 951 g/mol. The fourth-order valence-electron chi connectivity index (χ4n) is 5.77. The number of aliphatic hydroxyl groups excluding tert-OH is 8. The summed E-state index contributed by atoms with van der Waals surface area (Å²) in [6.45, 7) is 1.72. The number of methoxy groups -OCH3 is 2. The van der Waals surface area contributed by atoms with Gasteiger partial charge in [-0.1, -0.05) is 25.7 Å². The quantitative estimate of drug-likeness (QED) is 0.0164. The Labute approximate surface area is 419 Å². The van der Waals surface area contributed by atoms with Gasteiger partial charge in [0.25, 0.3) is 11.8 Å². The van der Waals surface area contributed by atoms with Crippen LogP contribution in [-0.2, 0) is 28.7 Å². The van der Waals surface area contributed by atoms with E-state index < -0.39 is 72.2 Å². The summed E-state index contributed by atoms with van der Waals surface area (Å²) >= 11 is 0. The number of amidine groups is 1. The molecule has 0 bridgehead atoms. The van der Waals surface area contributed by atoms with Gasteiger partial charge in [-0.25, -0.2) is 0 Å². The van der Waals surface area contributed by atoms with Crippen molar-refractivity contribution in [2.45, 2.75) is 164 Å². The van der Waals surface area contributed by atoms with Gasteiger partial charge in [0.2, 0.25) is 0 Å². The number of amides is 2. The van der Waals surface area contributed by atoms with Crippen molar-refractivity contribution in [1.82, 2.24) is 16.0 Å². The van der Waals surface area contributed by atoms with Crippen LogP contribution >= 0.6 is 24.8 Å². The molecule has 0 aliphatic rings. The molecule has 0 saturated carbocycles. The number of Topliss-reactive ketones (excluding diaryl/α,β-unsaturated/α-hetero) is 2. The Bertz CT molecular complexity index is 1380. The van der Waals surface area contributed by atoms with Crippen molar-refractivity contribution >= 4 is 71.5 Å². The molecule has 0 fully saturated rings. The number of likely N-dealkylation sites (N-methyl/N-ethyl adjacent to an activating group) is 1. The summed E-state index contributed by atoms with van der Waals surface area (Å²) in [4.78, 5) is 50.3. The van der Waals surface area contributed by atoms with Crippen LogP contribution in [0, 0.1) is 10.8 Å². The van der Waals surface area contributed by atoms with Gasteiger partial charge in [0, 0.05) is 71.6 Å². The fourth-order valence-corrected chi connectivity index (χ4v) is 5.77. The highest BCUT2D eigenvalue weighted by Gasteiger charge is 2.38. The third-order valence-electron chi connectivity index (χ3n) is 10.1. The number of ketones is 2. The maximum absolute atomic E-state index is 12.0. The summed E-state index contributed by atoms with van der Waals surface area (Å²) in [6.07, 6.45) is -1.92. The lowest BCUT2D eigenvalue weighted by atomic mass is 9.97. The average Bonchev–Trinajstić information content (AvgIpc) is 3.33. The van der Waals surface area contributed by atoms with Gasteiger partial charge in [0.15, 0.2) is 35.6 Å². The molecule has 0 saturated heterocycles. The third-order valence-corrected chi connectivity index (χ3v) is 10.1.